The quantitative estimate of drug-likeness (QED) is 0.668. The molecule has 0 bridgehead atoms. The Hall–Kier alpha value is -3.68. The molecule has 2 heterocycles. The highest BCUT2D eigenvalue weighted by Crippen LogP contribution is 2.27. The molecule has 132 valence electrons. The Bertz CT molecular complexity index is 946. The average molecular weight is 354 g/mol. The van der Waals surface area contributed by atoms with Gasteiger partial charge in [0.15, 0.2) is 0 Å². The summed E-state index contributed by atoms with van der Waals surface area (Å²) in [6, 6.07) is 8.65. The minimum Gasteiger partial charge on any atom is -0.478 e. The standard InChI is InChI=1S/C18H14N2O6/c1-19-15(21)13(16(22)20(2)18(19)25)9-10-7-8-14(26-10)11-5-3-4-6-12(11)17(23)24/h3-9H,1-2H3,(H,23,24). The zero-order valence-electron chi connectivity index (χ0n) is 13.9. The third kappa shape index (κ3) is 2.77. The number of urea groups is 1. The molecule has 2 aromatic rings. The smallest absolute Gasteiger partial charge is 0.336 e. The van der Waals surface area contributed by atoms with Crippen LogP contribution in [-0.4, -0.2) is 52.8 Å². The van der Waals surface area contributed by atoms with Crippen molar-refractivity contribution in [1.82, 2.24) is 9.80 Å². The third-order valence-corrected chi connectivity index (χ3v) is 3.98. The van der Waals surface area contributed by atoms with Crippen LogP contribution in [0, 0.1) is 0 Å². The monoisotopic (exact) mass is 354 g/mol. The molecule has 0 saturated carbocycles. The van der Waals surface area contributed by atoms with Crippen LogP contribution in [0.4, 0.5) is 4.79 Å². The highest BCUT2D eigenvalue weighted by molar-refractivity contribution is 6.30. The molecule has 1 saturated heterocycles. The van der Waals surface area contributed by atoms with Gasteiger partial charge < -0.3 is 9.52 Å². The number of benzene rings is 1. The molecule has 3 rings (SSSR count). The summed E-state index contributed by atoms with van der Waals surface area (Å²) in [4.78, 5) is 49.1. The summed E-state index contributed by atoms with van der Waals surface area (Å²) in [6.07, 6.45) is 1.23. The molecule has 1 aliphatic heterocycles. The molecular weight excluding hydrogens is 340 g/mol. The van der Waals surface area contributed by atoms with Crippen LogP contribution in [0.15, 0.2) is 46.4 Å². The molecule has 1 aromatic heterocycles. The number of barbiturate groups is 1. The molecule has 1 aromatic carbocycles. The number of imide groups is 2. The second-order valence-electron chi connectivity index (χ2n) is 5.62. The first-order chi connectivity index (χ1) is 12.3. The van der Waals surface area contributed by atoms with Gasteiger partial charge in [-0.05, 0) is 24.3 Å². The minimum atomic E-state index is -1.10. The maximum Gasteiger partial charge on any atom is 0.336 e. The lowest BCUT2D eigenvalue weighted by Crippen LogP contribution is -2.52. The number of hydrogen-bond donors (Lipinski definition) is 1. The maximum absolute atomic E-state index is 12.2. The van der Waals surface area contributed by atoms with Crippen LogP contribution in [0.5, 0.6) is 0 Å². The second-order valence-corrected chi connectivity index (χ2v) is 5.62. The Morgan fingerprint density at radius 3 is 2.23 bits per heavy atom. The predicted octanol–water partition coefficient (Wildman–Crippen LogP) is 2.08. The third-order valence-electron chi connectivity index (χ3n) is 3.98. The SMILES string of the molecule is CN1C(=O)C(=Cc2ccc(-c3ccccc3C(=O)O)o2)C(=O)N(C)C1=O. The van der Waals surface area contributed by atoms with Gasteiger partial charge in [-0.25, -0.2) is 9.59 Å². The highest BCUT2D eigenvalue weighted by atomic mass is 16.4. The molecule has 8 nitrogen and oxygen atoms in total. The fraction of sp³-hybridized carbons (Fsp3) is 0.111. The molecule has 1 aliphatic rings. The van der Waals surface area contributed by atoms with Crippen molar-refractivity contribution in [3.8, 4) is 11.3 Å². The van der Waals surface area contributed by atoms with E-state index in [1.807, 2.05) is 0 Å². The van der Waals surface area contributed by atoms with Crippen LogP contribution >= 0.6 is 0 Å². The van der Waals surface area contributed by atoms with Crippen LogP contribution in [0.2, 0.25) is 0 Å². The van der Waals surface area contributed by atoms with Crippen molar-refractivity contribution in [2.24, 2.45) is 0 Å². The number of carbonyl (C=O) groups excluding carboxylic acids is 3. The van der Waals surface area contributed by atoms with Crippen molar-refractivity contribution in [2.45, 2.75) is 0 Å². The largest absolute Gasteiger partial charge is 0.478 e. The Kier molecular flexibility index (Phi) is 4.17. The molecule has 0 aliphatic carbocycles. The summed E-state index contributed by atoms with van der Waals surface area (Å²) >= 11 is 0. The van der Waals surface area contributed by atoms with Gasteiger partial charge in [0, 0.05) is 19.7 Å². The lowest BCUT2D eigenvalue weighted by molar-refractivity contribution is -0.134. The molecule has 0 spiro atoms. The van der Waals surface area contributed by atoms with E-state index in [0.717, 1.165) is 9.80 Å². The van der Waals surface area contributed by atoms with Crippen LogP contribution in [0.1, 0.15) is 16.1 Å². The molecular formula is C18H14N2O6. The molecule has 1 fully saturated rings. The van der Waals surface area contributed by atoms with Crippen molar-refractivity contribution < 1.29 is 28.7 Å². The number of nitrogens with zero attached hydrogens (tertiary/aromatic N) is 2. The van der Waals surface area contributed by atoms with E-state index in [-0.39, 0.29) is 22.7 Å². The average Bonchev–Trinajstić information content (AvgIpc) is 3.10. The summed E-state index contributed by atoms with van der Waals surface area (Å²) in [5.41, 5.74) is 0.216. The summed E-state index contributed by atoms with van der Waals surface area (Å²) in [6.45, 7) is 0. The Labute approximate surface area is 147 Å². The Morgan fingerprint density at radius 2 is 1.62 bits per heavy atom. The zero-order valence-corrected chi connectivity index (χ0v) is 13.9. The predicted molar refractivity (Wildman–Crippen MR) is 90.0 cm³/mol. The number of aromatic carboxylic acids is 1. The molecule has 0 atom stereocenters. The Balaban J connectivity index is 2.00. The lowest BCUT2D eigenvalue weighted by atomic mass is 10.1. The van der Waals surface area contributed by atoms with Crippen LogP contribution in [0.3, 0.4) is 0 Å². The first-order valence-corrected chi connectivity index (χ1v) is 7.55. The summed E-state index contributed by atoms with van der Waals surface area (Å²) in [7, 11) is 2.55. The van der Waals surface area contributed by atoms with Crippen molar-refractivity contribution in [3.05, 3.63) is 53.3 Å². The molecule has 1 N–H and O–H groups in total. The van der Waals surface area contributed by atoms with E-state index < -0.39 is 23.8 Å². The van der Waals surface area contributed by atoms with Crippen LogP contribution in [0.25, 0.3) is 17.4 Å². The molecule has 0 radical (unpaired) electrons. The van der Waals surface area contributed by atoms with Crippen molar-refractivity contribution >= 4 is 29.9 Å². The fourth-order valence-corrected chi connectivity index (χ4v) is 2.58. The van der Waals surface area contributed by atoms with E-state index in [1.165, 1.54) is 32.3 Å². The summed E-state index contributed by atoms with van der Waals surface area (Å²) in [5, 5.41) is 9.26. The first kappa shape index (κ1) is 17.2. The van der Waals surface area contributed by atoms with Crippen molar-refractivity contribution in [2.75, 3.05) is 14.1 Å². The maximum atomic E-state index is 12.2. The second kappa shape index (κ2) is 6.32. The van der Waals surface area contributed by atoms with Gasteiger partial charge in [0.2, 0.25) is 0 Å². The zero-order chi connectivity index (χ0) is 19.0. The topological polar surface area (TPSA) is 108 Å². The van der Waals surface area contributed by atoms with E-state index in [9.17, 15) is 24.3 Å². The van der Waals surface area contributed by atoms with Crippen LogP contribution in [-0.2, 0) is 9.59 Å². The highest BCUT2D eigenvalue weighted by Gasteiger charge is 2.38. The van der Waals surface area contributed by atoms with Gasteiger partial charge in [-0.15, -0.1) is 0 Å². The van der Waals surface area contributed by atoms with E-state index in [0.29, 0.717) is 5.56 Å². The van der Waals surface area contributed by atoms with Gasteiger partial charge in [-0.1, -0.05) is 18.2 Å². The number of furan rings is 1. The van der Waals surface area contributed by atoms with Crippen molar-refractivity contribution in [3.63, 3.8) is 0 Å². The van der Waals surface area contributed by atoms with Gasteiger partial charge in [-0.2, -0.15) is 0 Å². The van der Waals surface area contributed by atoms with Gasteiger partial charge in [0.25, 0.3) is 11.8 Å². The number of carboxylic acids is 1. The molecule has 0 unspecified atom stereocenters. The summed E-state index contributed by atoms with van der Waals surface area (Å²) in [5.74, 6) is -2.10. The van der Waals surface area contributed by atoms with Crippen LogP contribution < -0.4 is 0 Å². The number of likely N-dealkylation sites (N-methyl/N-ethyl adjacent to an activating group) is 2. The van der Waals surface area contributed by atoms with E-state index in [1.54, 1.807) is 24.3 Å². The number of carbonyl (C=O) groups is 4. The number of hydrogen-bond acceptors (Lipinski definition) is 5. The van der Waals surface area contributed by atoms with Gasteiger partial charge in [0.05, 0.1) is 5.56 Å². The molecule has 4 amide bonds. The number of rotatable bonds is 3. The Morgan fingerprint density at radius 1 is 1.00 bits per heavy atom. The molecule has 8 heteroatoms. The van der Waals surface area contributed by atoms with Crippen molar-refractivity contribution in [1.29, 1.82) is 0 Å². The van der Waals surface area contributed by atoms with E-state index in [2.05, 4.69) is 0 Å². The summed E-state index contributed by atoms with van der Waals surface area (Å²) < 4.78 is 5.59. The normalized spacial score (nSPS) is 14.8. The lowest BCUT2D eigenvalue weighted by Gasteiger charge is -2.28. The minimum absolute atomic E-state index is 0.0657. The van der Waals surface area contributed by atoms with Gasteiger partial charge >= 0.3 is 12.0 Å². The fourth-order valence-electron chi connectivity index (χ4n) is 2.58. The number of amides is 4. The van der Waals surface area contributed by atoms with Gasteiger partial charge in [-0.3, -0.25) is 19.4 Å². The van der Waals surface area contributed by atoms with E-state index >= 15 is 0 Å². The van der Waals surface area contributed by atoms with Gasteiger partial charge in [0.1, 0.15) is 17.1 Å². The number of carboxylic acid groups (broad SMARTS) is 1. The van der Waals surface area contributed by atoms with E-state index in [4.69, 9.17) is 4.42 Å². The first-order valence-electron chi connectivity index (χ1n) is 7.55. The molecule has 26 heavy (non-hydrogen) atoms.